The molecule has 0 radical (unpaired) electrons. The van der Waals surface area contributed by atoms with Crippen LogP contribution in [0.5, 0.6) is 11.5 Å². The van der Waals surface area contributed by atoms with Crippen LogP contribution in [-0.2, 0) is 6.42 Å². The third-order valence-corrected chi connectivity index (χ3v) is 5.48. The maximum absolute atomic E-state index is 12.8. The topological polar surface area (TPSA) is 67.8 Å². The van der Waals surface area contributed by atoms with Gasteiger partial charge in [-0.05, 0) is 43.5 Å². The highest BCUT2D eigenvalue weighted by atomic mass is 16.5. The summed E-state index contributed by atoms with van der Waals surface area (Å²) in [6, 6.07) is 13.8. The Hall–Kier alpha value is -2.53. The minimum Gasteiger partial charge on any atom is -0.489 e. The largest absolute Gasteiger partial charge is 0.489 e. The molecule has 2 aromatic carbocycles. The molecule has 0 heterocycles. The number of hydrogen-bond donors (Lipinski definition) is 2. The van der Waals surface area contributed by atoms with Crippen molar-refractivity contribution in [3.63, 3.8) is 0 Å². The number of ether oxygens (including phenoxy) is 2. The second-order valence-electron chi connectivity index (χ2n) is 7.98. The Kier molecular flexibility index (Phi) is 8.57. The first kappa shape index (κ1) is 22.2. The SMILES string of the molecule is Cc1cccc(CCOc2cc(C(=O)NC3CCCCCC3)ccc2OCCO)c1. The zero-order chi connectivity index (χ0) is 21.2. The van der Waals surface area contributed by atoms with Crippen LogP contribution in [0.25, 0.3) is 0 Å². The molecule has 0 aromatic heterocycles. The van der Waals surface area contributed by atoms with Crippen LogP contribution in [0, 0.1) is 6.92 Å². The Morgan fingerprint density at radius 2 is 1.77 bits per heavy atom. The Bertz CT molecular complexity index is 813. The molecule has 1 saturated carbocycles. The highest BCUT2D eigenvalue weighted by Crippen LogP contribution is 2.29. The van der Waals surface area contributed by atoms with Gasteiger partial charge in [0.05, 0.1) is 13.2 Å². The molecular weight excluding hydrogens is 378 g/mol. The van der Waals surface area contributed by atoms with E-state index in [0.717, 1.165) is 19.3 Å². The van der Waals surface area contributed by atoms with Gasteiger partial charge in [0.1, 0.15) is 6.61 Å². The molecule has 30 heavy (non-hydrogen) atoms. The van der Waals surface area contributed by atoms with Gasteiger partial charge in [-0.25, -0.2) is 0 Å². The van der Waals surface area contributed by atoms with E-state index in [9.17, 15) is 4.79 Å². The molecule has 0 aliphatic heterocycles. The Morgan fingerprint density at radius 1 is 1.00 bits per heavy atom. The van der Waals surface area contributed by atoms with Gasteiger partial charge in [-0.2, -0.15) is 0 Å². The van der Waals surface area contributed by atoms with Crippen molar-refractivity contribution in [1.82, 2.24) is 5.32 Å². The van der Waals surface area contributed by atoms with Crippen LogP contribution >= 0.6 is 0 Å². The summed E-state index contributed by atoms with van der Waals surface area (Å²) < 4.78 is 11.6. The van der Waals surface area contributed by atoms with E-state index in [1.807, 2.05) is 6.07 Å². The molecule has 162 valence electrons. The average Bonchev–Trinajstić information content (AvgIpc) is 3.01. The van der Waals surface area contributed by atoms with Gasteiger partial charge in [-0.15, -0.1) is 0 Å². The number of aliphatic hydroxyl groups excluding tert-OH is 1. The molecular formula is C25H33NO4. The second kappa shape index (κ2) is 11.6. The number of hydrogen-bond acceptors (Lipinski definition) is 4. The molecule has 0 spiro atoms. The number of benzene rings is 2. The highest BCUT2D eigenvalue weighted by molar-refractivity contribution is 5.95. The summed E-state index contributed by atoms with van der Waals surface area (Å²) >= 11 is 0. The number of aryl methyl sites for hydroxylation is 1. The number of nitrogens with one attached hydrogen (secondary N) is 1. The molecule has 0 bridgehead atoms. The van der Waals surface area contributed by atoms with E-state index >= 15 is 0 Å². The summed E-state index contributed by atoms with van der Waals surface area (Å²) in [5, 5.41) is 12.3. The number of carbonyl (C=O) groups excluding carboxylic acids is 1. The van der Waals surface area contributed by atoms with Crippen LogP contribution in [0.3, 0.4) is 0 Å². The van der Waals surface area contributed by atoms with Gasteiger partial charge in [0, 0.05) is 18.0 Å². The van der Waals surface area contributed by atoms with Crippen molar-refractivity contribution in [1.29, 1.82) is 0 Å². The Morgan fingerprint density at radius 3 is 2.50 bits per heavy atom. The van der Waals surface area contributed by atoms with E-state index in [2.05, 4.69) is 30.4 Å². The zero-order valence-electron chi connectivity index (χ0n) is 17.9. The maximum atomic E-state index is 12.8. The molecule has 0 unspecified atom stereocenters. The summed E-state index contributed by atoms with van der Waals surface area (Å²) in [7, 11) is 0. The van der Waals surface area contributed by atoms with Gasteiger partial charge in [-0.1, -0.05) is 55.5 Å². The third kappa shape index (κ3) is 6.77. The Labute approximate surface area is 179 Å². The fourth-order valence-corrected chi connectivity index (χ4v) is 3.88. The predicted molar refractivity (Wildman–Crippen MR) is 118 cm³/mol. The van der Waals surface area contributed by atoms with Gasteiger partial charge >= 0.3 is 0 Å². The van der Waals surface area contributed by atoms with E-state index in [1.54, 1.807) is 18.2 Å². The molecule has 5 nitrogen and oxygen atoms in total. The summed E-state index contributed by atoms with van der Waals surface area (Å²) in [4.78, 5) is 12.8. The minimum absolute atomic E-state index is 0.0702. The number of amides is 1. The fraction of sp³-hybridized carbons (Fsp3) is 0.480. The number of aliphatic hydroxyl groups is 1. The monoisotopic (exact) mass is 411 g/mol. The van der Waals surface area contributed by atoms with Crippen molar-refractivity contribution in [2.45, 2.75) is 57.9 Å². The van der Waals surface area contributed by atoms with Crippen molar-refractivity contribution in [2.75, 3.05) is 19.8 Å². The van der Waals surface area contributed by atoms with E-state index in [-0.39, 0.29) is 25.2 Å². The summed E-state index contributed by atoms with van der Waals surface area (Å²) in [6.45, 7) is 2.66. The van der Waals surface area contributed by atoms with Crippen LogP contribution in [0.2, 0.25) is 0 Å². The highest BCUT2D eigenvalue weighted by Gasteiger charge is 2.17. The fourth-order valence-electron chi connectivity index (χ4n) is 3.88. The first-order chi connectivity index (χ1) is 14.7. The molecule has 5 heteroatoms. The van der Waals surface area contributed by atoms with Crippen LogP contribution in [-0.4, -0.2) is 36.9 Å². The lowest BCUT2D eigenvalue weighted by Gasteiger charge is -2.18. The lowest BCUT2D eigenvalue weighted by molar-refractivity contribution is 0.0932. The van der Waals surface area contributed by atoms with Crippen molar-refractivity contribution >= 4 is 5.91 Å². The minimum atomic E-state index is -0.0767. The molecule has 2 aromatic rings. The molecule has 2 N–H and O–H groups in total. The average molecular weight is 412 g/mol. The van der Waals surface area contributed by atoms with Gasteiger partial charge < -0.3 is 19.9 Å². The van der Waals surface area contributed by atoms with Gasteiger partial charge in [-0.3, -0.25) is 4.79 Å². The van der Waals surface area contributed by atoms with Gasteiger partial charge in [0.2, 0.25) is 0 Å². The number of rotatable bonds is 9. The lowest BCUT2D eigenvalue weighted by atomic mass is 10.1. The summed E-state index contributed by atoms with van der Waals surface area (Å²) in [5.74, 6) is 1.00. The zero-order valence-corrected chi connectivity index (χ0v) is 17.9. The van der Waals surface area contributed by atoms with Gasteiger partial charge in [0.25, 0.3) is 5.91 Å². The van der Waals surface area contributed by atoms with Crippen LogP contribution in [0.15, 0.2) is 42.5 Å². The van der Waals surface area contributed by atoms with Gasteiger partial charge in [0.15, 0.2) is 11.5 Å². The van der Waals surface area contributed by atoms with Crippen LogP contribution < -0.4 is 14.8 Å². The van der Waals surface area contributed by atoms with E-state index in [4.69, 9.17) is 14.6 Å². The second-order valence-corrected chi connectivity index (χ2v) is 7.98. The van der Waals surface area contributed by atoms with Crippen molar-refractivity contribution in [2.24, 2.45) is 0 Å². The third-order valence-electron chi connectivity index (χ3n) is 5.48. The molecule has 1 aliphatic carbocycles. The molecule has 3 rings (SSSR count). The molecule has 0 saturated heterocycles. The van der Waals surface area contributed by atoms with Crippen LogP contribution in [0.4, 0.5) is 0 Å². The normalized spacial score (nSPS) is 14.7. The standard InChI is InChI=1S/C25H33NO4/c1-19-7-6-8-20(17-19)13-15-29-24-18-21(11-12-23(24)30-16-14-27)25(28)26-22-9-4-2-3-5-10-22/h6-8,11-12,17-18,22,27H,2-5,9-10,13-16H2,1H3,(H,26,28). The van der Waals surface area contributed by atoms with Crippen LogP contribution in [0.1, 0.15) is 60.0 Å². The van der Waals surface area contributed by atoms with E-state index in [0.29, 0.717) is 23.7 Å². The predicted octanol–water partition coefficient (Wildman–Crippen LogP) is 4.44. The first-order valence-corrected chi connectivity index (χ1v) is 11.0. The van der Waals surface area contributed by atoms with Crippen molar-refractivity contribution in [3.8, 4) is 11.5 Å². The lowest BCUT2D eigenvalue weighted by Crippen LogP contribution is -2.34. The molecule has 1 fully saturated rings. The molecule has 1 aliphatic rings. The first-order valence-electron chi connectivity index (χ1n) is 11.0. The maximum Gasteiger partial charge on any atom is 0.251 e. The quantitative estimate of drug-likeness (QED) is 0.599. The molecule has 0 atom stereocenters. The number of carbonyl (C=O) groups is 1. The van der Waals surface area contributed by atoms with Crippen molar-refractivity contribution < 1.29 is 19.4 Å². The van der Waals surface area contributed by atoms with Crippen molar-refractivity contribution in [3.05, 3.63) is 59.2 Å². The summed E-state index contributed by atoms with van der Waals surface area (Å²) in [6.07, 6.45) is 7.70. The summed E-state index contributed by atoms with van der Waals surface area (Å²) in [5.41, 5.74) is 2.99. The smallest absolute Gasteiger partial charge is 0.251 e. The molecule has 1 amide bonds. The Balaban J connectivity index is 1.66. The van der Waals surface area contributed by atoms with E-state index < -0.39 is 0 Å². The van der Waals surface area contributed by atoms with E-state index in [1.165, 1.54) is 36.8 Å².